The Balaban J connectivity index is 2.60. The fourth-order valence-corrected chi connectivity index (χ4v) is 3.69. The van der Waals surface area contributed by atoms with Crippen molar-refractivity contribution in [2.75, 3.05) is 26.2 Å². The lowest BCUT2D eigenvalue weighted by atomic mass is 10.1. The van der Waals surface area contributed by atoms with Crippen LogP contribution >= 0.6 is 0 Å². The summed E-state index contributed by atoms with van der Waals surface area (Å²) in [5, 5.41) is 7.55. The van der Waals surface area contributed by atoms with Crippen molar-refractivity contribution in [3.05, 3.63) is 0 Å². The summed E-state index contributed by atoms with van der Waals surface area (Å²) >= 11 is 0. The molecule has 0 saturated carbocycles. The van der Waals surface area contributed by atoms with E-state index in [1.807, 2.05) is 6.92 Å². The van der Waals surface area contributed by atoms with Gasteiger partial charge in [0.1, 0.15) is 5.84 Å². The van der Waals surface area contributed by atoms with Gasteiger partial charge in [0, 0.05) is 32.2 Å². The molecule has 8 heteroatoms. The number of nitrogens with two attached hydrogens (primary N) is 1. The van der Waals surface area contributed by atoms with Crippen molar-refractivity contribution in [3.8, 4) is 0 Å². The highest BCUT2D eigenvalue weighted by Crippen LogP contribution is 2.11. The molecule has 7 nitrogen and oxygen atoms in total. The van der Waals surface area contributed by atoms with E-state index in [-0.39, 0.29) is 17.9 Å². The minimum Gasteiger partial charge on any atom is -0.386 e. The third-order valence-electron chi connectivity index (χ3n) is 3.18. The number of nitrogens with one attached hydrogen (secondary N) is 2. The Morgan fingerprint density at radius 2 is 1.84 bits per heavy atom. The summed E-state index contributed by atoms with van der Waals surface area (Å²) in [5.74, 6) is 0.152. The van der Waals surface area contributed by atoms with Crippen LogP contribution in [0.15, 0.2) is 0 Å². The first-order valence-electron chi connectivity index (χ1n) is 6.63. The second-order valence-corrected chi connectivity index (χ2v) is 6.79. The molecule has 1 unspecified atom stereocenters. The maximum atomic E-state index is 12.0. The molecule has 0 amide bonds. The van der Waals surface area contributed by atoms with Gasteiger partial charge in [0.05, 0.1) is 6.04 Å². The number of nitrogens with zero attached hydrogens (tertiary/aromatic N) is 2. The molecule has 0 aromatic rings. The van der Waals surface area contributed by atoms with E-state index in [0.717, 1.165) is 6.42 Å². The van der Waals surface area contributed by atoms with Crippen LogP contribution in [0.25, 0.3) is 0 Å². The number of piperazine rings is 1. The molecule has 0 spiro atoms. The molecule has 0 aromatic heterocycles. The lowest BCUT2D eigenvalue weighted by Crippen LogP contribution is -2.57. The van der Waals surface area contributed by atoms with E-state index < -0.39 is 10.2 Å². The first-order valence-corrected chi connectivity index (χ1v) is 8.07. The van der Waals surface area contributed by atoms with E-state index in [1.54, 1.807) is 13.8 Å². The van der Waals surface area contributed by atoms with Crippen molar-refractivity contribution < 1.29 is 8.42 Å². The van der Waals surface area contributed by atoms with Crippen LogP contribution < -0.4 is 10.5 Å². The van der Waals surface area contributed by atoms with Crippen LogP contribution in [0.2, 0.25) is 0 Å². The van der Waals surface area contributed by atoms with Crippen molar-refractivity contribution in [1.29, 1.82) is 5.41 Å². The van der Waals surface area contributed by atoms with Gasteiger partial charge in [0.25, 0.3) is 10.2 Å². The van der Waals surface area contributed by atoms with Gasteiger partial charge < -0.3 is 5.73 Å². The largest absolute Gasteiger partial charge is 0.386 e. The molecule has 1 heterocycles. The van der Waals surface area contributed by atoms with Crippen LogP contribution in [-0.4, -0.2) is 61.7 Å². The Hall–Kier alpha value is -0.700. The molecule has 0 bridgehead atoms. The summed E-state index contributed by atoms with van der Waals surface area (Å²) in [7, 11) is -3.39. The second-order valence-electron chi connectivity index (χ2n) is 5.09. The van der Waals surface area contributed by atoms with E-state index >= 15 is 0 Å². The molecular formula is C11H25N5O2S. The van der Waals surface area contributed by atoms with Crippen molar-refractivity contribution in [1.82, 2.24) is 13.9 Å². The van der Waals surface area contributed by atoms with Crippen molar-refractivity contribution in [3.63, 3.8) is 0 Å². The van der Waals surface area contributed by atoms with E-state index in [0.29, 0.717) is 26.2 Å². The molecular weight excluding hydrogens is 266 g/mol. The van der Waals surface area contributed by atoms with Gasteiger partial charge in [-0.3, -0.25) is 10.3 Å². The first kappa shape index (κ1) is 16.4. The standard InChI is InChI=1S/C11H25N5O2S/c1-4-10(11(12)13)15-5-7-16(8-6-15)19(17,18)14-9(2)3/h9-10,14H,4-8H2,1-3H3,(H3,12,13). The maximum absolute atomic E-state index is 12.0. The minimum absolute atomic E-state index is 0.0806. The van der Waals surface area contributed by atoms with E-state index in [2.05, 4.69) is 9.62 Å². The molecule has 1 atom stereocenters. The van der Waals surface area contributed by atoms with E-state index in [4.69, 9.17) is 11.1 Å². The van der Waals surface area contributed by atoms with Crippen LogP contribution in [-0.2, 0) is 10.2 Å². The molecule has 1 saturated heterocycles. The highest BCUT2D eigenvalue weighted by molar-refractivity contribution is 7.87. The van der Waals surface area contributed by atoms with Crippen LogP contribution in [0.5, 0.6) is 0 Å². The van der Waals surface area contributed by atoms with Gasteiger partial charge in [-0.25, -0.2) is 0 Å². The van der Waals surface area contributed by atoms with Gasteiger partial charge in [-0.2, -0.15) is 17.4 Å². The average Bonchev–Trinajstić information content (AvgIpc) is 2.28. The van der Waals surface area contributed by atoms with Crippen LogP contribution in [0, 0.1) is 5.41 Å². The van der Waals surface area contributed by atoms with Crippen LogP contribution in [0.4, 0.5) is 0 Å². The SMILES string of the molecule is CCC(C(=N)N)N1CCN(S(=O)(=O)NC(C)C)CC1. The number of hydrogen-bond acceptors (Lipinski definition) is 4. The Bertz CT molecular complexity index is 401. The molecule has 1 aliphatic heterocycles. The maximum Gasteiger partial charge on any atom is 0.279 e. The quantitative estimate of drug-likeness (QED) is 0.456. The molecule has 0 aliphatic carbocycles. The highest BCUT2D eigenvalue weighted by atomic mass is 32.2. The normalized spacial score (nSPS) is 20.6. The molecule has 1 aliphatic rings. The van der Waals surface area contributed by atoms with Gasteiger partial charge in [-0.05, 0) is 20.3 Å². The zero-order chi connectivity index (χ0) is 14.6. The summed E-state index contributed by atoms with van der Waals surface area (Å²) in [6.07, 6.45) is 0.770. The number of rotatable bonds is 6. The third-order valence-corrected chi connectivity index (χ3v) is 5.00. The fourth-order valence-electron chi connectivity index (χ4n) is 2.30. The van der Waals surface area contributed by atoms with Gasteiger partial charge in [-0.15, -0.1) is 0 Å². The summed E-state index contributed by atoms with van der Waals surface area (Å²) in [5.41, 5.74) is 5.56. The van der Waals surface area contributed by atoms with Crippen LogP contribution in [0.3, 0.4) is 0 Å². The van der Waals surface area contributed by atoms with Crippen molar-refractivity contribution >= 4 is 16.0 Å². The summed E-state index contributed by atoms with van der Waals surface area (Å²) in [4.78, 5) is 2.07. The smallest absolute Gasteiger partial charge is 0.279 e. The Labute approximate surface area is 115 Å². The zero-order valence-corrected chi connectivity index (χ0v) is 12.7. The Morgan fingerprint density at radius 1 is 1.32 bits per heavy atom. The Morgan fingerprint density at radius 3 is 2.21 bits per heavy atom. The molecule has 0 radical (unpaired) electrons. The summed E-state index contributed by atoms with van der Waals surface area (Å²) in [6.45, 7) is 7.68. The molecule has 4 N–H and O–H groups in total. The van der Waals surface area contributed by atoms with E-state index in [9.17, 15) is 8.42 Å². The van der Waals surface area contributed by atoms with Crippen molar-refractivity contribution in [2.24, 2.45) is 5.73 Å². The molecule has 19 heavy (non-hydrogen) atoms. The topological polar surface area (TPSA) is 103 Å². The van der Waals surface area contributed by atoms with Crippen molar-refractivity contribution in [2.45, 2.75) is 39.3 Å². The average molecular weight is 291 g/mol. The number of amidine groups is 1. The fraction of sp³-hybridized carbons (Fsp3) is 0.909. The predicted octanol–water partition coefficient (Wildman–Crippen LogP) is -0.439. The second kappa shape index (κ2) is 6.65. The lowest BCUT2D eigenvalue weighted by Gasteiger charge is -2.38. The lowest BCUT2D eigenvalue weighted by molar-refractivity contribution is 0.162. The summed E-state index contributed by atoms with van der Waals surface area (Å²) in [6, 6.07) is -0.188. The third kappa shape index (κ3) is 4.41. The minimum atomic E-state index is -3.39. The van der Waals surface area contributed by atoms with E-state index in [1.165, 1.54) is 4.31 Å². The molecule has 112 valence electrons. The zero-order valence-electron chi connectivity index (χ0n) is 11.9. The predicted molar refractivity (Wildman–Crippen MR) is 76.3 cm³/mol. The van der Waals surface area contributed by atoms with Gasteiger partial charge in [0.15, 0.2) is 0 Å². The molecule has 1 fully saturated rings. The van der Waals surface area contributed by atoms with Gasteiger partial charge >= 0.3 is 0 Å². The highest BCUT2D eigenvalue weighted by Gasteiger charge is 2.30. The van der Waals surface area contributed by atoms with Crippen LogP contribution in [0.1, 0.15) is 27.2 Å². The molecule has 0 aromatic carbocycles. The Kier molecular flexibility index (Phi) is 5.72. The summed E-state index contributed by atoms with van der Waals surface area (Å²) < 4.78 is 28.0. The first-order chi connectivity index (χ1) is 8.77. The molecule has 1 rings (SSSR count). The van der Waals surface area contributed by atoms with Gasteiger partial charge in [-0.1, -0.05) is 6.92 Å². The van der Waals surface area contributed by atoms with Gasteiger partial charge in [0.2, 0.25) is 0 Å². The monoisotopic (exact) mass is 291 g/mol. The number of hydrogen-bond donors (Lipinski definition) is 3.